The van der Waals surface area contributed by atoms with E-state index in [1.54, 1.807) is 0 Å². The molecule has 0 saturated heterocycles. The average molecular weight is 817 g/mol. The predicted octanol–water partition coefficient (Wildman–Crippen LogP) is 16.7. The Kier molecular flexibility index (Phi) is 8.05. The lowest BCUT2D eigenvalue weighted by atomic mass is 9.82. The summed E-state index contributed by atoms with van der Waals surface area (Å²) in [6, 6.07) is 80.9. The van der Waals surface area contributed by atoms with Gasteiger partial charge in [0.05, 0.1) is 5.69 Å². The highest BCUT2D eigenvalue weighted by atomic mass is 15.1. The first kappa shape index (κ1) is 36.7. The second-order valence-corrected chi connectivity index (χ2v) is 18.1. The number of rotatable bonds is 7. The first-order valence-corrected chi connectivity index (χ1v) is 22.5. The van der Waals surface area contributed by atoms with Crippen molar-refractivity contribution in [1.29, 1.82) is 0 Å². The van der Waals surface area contributed by atoms with Crippen LogP contribution in [-0.4, -0.2) is 0 Å². The number of nitrogens with zero attached hydrogens (tertiary/aromatic N) is 2. The molecule has 0 unspecified atom stereocenters. The van der Waals surface area contributed by atoms with E-state index in [2.05, 4.69) is 242 Å². The standard InChI is InChI=1S/C62H44N2/c1-62(2)57-38-48(32-34-51(57)52-35-33-49(39-58(52)62)64(45-20-7-4-8-21-45)59-25-13-17-42-16-9-10-22-50(42)59)63(46-29-26-41(27-30-46)40-14-5-3-6-15-40)47-31-28-44-36-56-53-23-11-18-43-19-12-24-54(60(43)53)61(56)55(44)37-47/h3-35,37-39H,36H2,1-2H3. The predicted molar refractivity (Wildman–Crippen MR) is 270 cm³/mol. The third-order valence-corrected chi connectivity index (χ3v) is 14.2. The minimum atomic E-state index is -0.257. The van der Waals surface area contributed by atoms with Crippen LogP contribution in [0.4, 0.5) is 34.1 Å². The van der Waals surface area contributed by atoms with Gasteiger partial charge in [-0.05, 0) is 156 Å². The molecule has 10 aromatic carbocycles. The minimum absolute atomic E-state index is 0.257. The Morgan fingerprint density at radius 1 is 0.375 bits per heavy atom. The van der Waals surface area contributed by atoms with Crippen molar-refractivity contribution in [2.75, 3.05) is 9.80 Å². The molecule has 0 radical (unpaired) electrons. The van der Waals surface area contributed by atoms with Gasteiger partial charge in [0, 0.05) is 39.2 Å². The van der Waals surface area contributed by atoms with Crippen molar-refractivity contribution in [3.8, 4) is 22.3 Å². The monoisotopic (exact) mass is 816 g/mol. The van der Waals surface area contributed by atoms with E-state index in [1.807, 2.05) is 0 Å². The summed E-state index contributed by atoms with van der Waals surface area (Å²) in [5.41, 5.74) is 22.7. The number of allylic oxidation sites excluding steroid dienone is 1. The third kappa shape index (κ3) is 5.52. The molecule has 0 saturated carbocycles. The lowest BCUT2D eigenvalue weighted by molar-refractivity contribution is 0.660. The van der Waals surface area contributed by atoms with Gasteiger partial charge < -0.3 is 9.80 Å². The summed E-state index contributed by atoms with van der Waals surface area (Å²) in [5, 5.41) is 5.17. The van der Waals surface area contributed by atoms with Crippen molar-refractivity contribution in [2.24, 2.45) is 0 Å². The van der Waals surface area contributed by atoms with E-state index >= 15 is 0 Å². The first-order chi connectivity index (χ1) is 31.5. The van der Waals surface area contributed by atoms with E-state index in [-0.39, 0.29) is 5.41 Å². The topological polar surface area (TPSA) is 6.48 Å². The van der Waals surface area contributed by atoms with Crippen molar-refractivity contribution >= 4 is 66.8 Å². The summed E-state index contributed by atoms with van der Waals surface area (Å²) in [6.07, 6.45) is 0.958. The van der Waals surface area contributed by atoms with Gasteiger partial charge in [0.1, 0.15) is 0 Å². The second-order valence-electron chi connectivity index (χ2n) is 18.1. The molecule has 0 heterocycles. The Hall–Kier alpha value is -7.94. The van der Waals surface area contributed by atoms with Gasteiger partial charge in [-0.3, -0.25) is 0 Å². The van der Waals surface area contributed by atoms with Crippen LogP contribution >= 0.6 is 0 Å². The second kappa shape index (κ2) is 14.0. The number of hydrogen-bond donors (Lipinski definition) is 0. The zero-order valence-electron chi connectivity index (χ0n) is 35.9. The number of benzene rings is 10. The summed E-state index contributed by atoms with van der Waals surface area (Å²) in [4.78, 5) is 4.89. The van der Waals surface area contributed by atoms with Gasteiger partial charge in [0.15, 0.2) is 0 Å². The molecule has 13 rings (SSSR count). The van der Waals surface area contributed by atoms with Crippen molar-refractivity contribution in [1.82, 2.24) is 0 Å². The Balaban J connectivity index is 0.937. The van der Waals surface area contributed by atoms with Crippen molar-refractivity contribution < 1.29 is 0 Å². The summed E-state index contributed by atoms with van der Waals surface area (Å²) >= 11 is 0. The Bertz CT molecular complexity index is 3530. The maximum atomic E-state index is 2.47. The van der Waals surface area contributed by atoms with E-state index in [9.17, 15) is 0 Å². The average Bonchev–Trinajstić information content (AvgIpc) is 3.95. The van der Waals surface area contributed by atoms with Gasteiger partial charge in [-0.2, -0.15) is 0 Å². The van der Waals surface area contributed by atoms with E-state index in [0.29, 0.717) is 0 Å². The largest absolute Gasteiger partial charge is 0.310 e. The van der Waals surface area contributed by atoms with E-state index < -0.39 is 0 Å². The zero-order valence-corrected chi connectivity index (χ0v) is 35.9. The third-order valence-electron chi connectivity index (χ3n) is 14.2. The molecule has 0 amide bonds. The van der Waals surface area contributed by atoms with Crippen LogP contribution in [0.3, 0.4) is 0 Å². The van der Waals surface area contributed by atoms with Crippen LogP contribution in [0.1, 0.15) is 47.2 Å². The van der Waals surface area contributed by atoms with Crippen LogP contribution in [0, 0.1) is 0 Å². The van der Waals surface area contributed by atoms with E-state index in [0.717, 1.165) is 34.9 Å². The highest BCUT2D eigenvalue weighted by molar-refractivity contribution is 6.20. The molecule has 0 bridgehead atoms. The van der Waals surface area contributed by atoms with Crippen LogP contribution in [0.2, 0.25) is 0 Å². The van der Waals surface area contributed by atoms with E-state index in [4.69, 9.17) is 0 Å². The summed E-state index contributed by atoms with van der Waals surface area (Å²) in [5.74, 6) is 0. The van der Waals surface area contributed by atoms with Gasteiger partial charge in [-0.25, -0.2) is 0 Å². The molecule has 0 atom stereocenters. The minimum Gasteiger partial charge on any atom is -0.310 e. The Morgan fingerprint density at radius 2 is 0.922 bits per heavy atom. The number of fused-ring (bicyclic) bond motifs is 8. The maximum Gasteiger partial charge on any atom is 0.0540 e. The van der Waals surface area contributed by atoms with Gasteiger partial charge in [0.2, 0.25) is 0 Å². The molecule has 64 heavy (non-hydrogen) atoms. The lowest BCUT2D eigenvalue weighted by Gasteiger charge is -2.30. The van der Waals surface area contributed by atoms with Crippen LogP contribution in [0.5, 0.6) is 0 Å². The maximum absolute atomic E-state index is 2.47. The first-order valence-electron chi connectivity index (χ1n) is 22.5. The molecule has 0 fully saturated rings. The number of anilines is 6. The fourth-order valence-corrected chi connectivity index (χ4v) is 11.2. The highest BCUT2D eigenvalue weighted by Crippen LogP contribution is 2.55. The van der Waals surface area contributed by atoms with Gasteiger partial charge in [0.25, 0.3) is 0 Å². The molecule has 0 aliphatic heterocycles. The highest BCUT2D eigenvalue weighted by Gasteiger charge is 2.37. The molecule has 2 nitrogen and oxygen atoms in total. The zero-order chi connectivity index (χ0) is 42.5. The van der Waals surface area contributed by atoms with Crippen LogP contribution in [0.15, 0.2) is 218 Å². The molecule has 0 aromatic heterocycles. The van der Waals surface area contributed by atoms with Gasteiger partial charge in [-0.15, -0.1) is 0 Å². The quantitative estimate of drug-likeness (QED) is 0.158. The van der Waals surface area contributed by atoms with Crippen molar-refractivity contribution in [3.63, 3.8) is 0 Å². The fourth-order valence-electron chi connectivity index (χ4n) is 11.2. The molecule has 302 valence electrons. The summed E-state index contributed by atoms with van der Waals surface area (Å²) in [7, 11) is 0. The number of para-hydroxylation sites is 1. The molecular weight excluding hydrogens is 773 g/mol. The van der Waals surface area contributed by atoms with Gasteiger partial charge in [-0.1, -0.05) is 166 Å². The molecule has 0 N–H and O–H groups in total. The Morgan fingerprint density at radius 3 is 1.67 bits per heavy atom. The summed E-state index contributed by atoms with van der Waals surface area (Å²) in [6.45, 7) is 4.80. The van der Waals surface area contributed by atoms with Crippen LogP contribution in [0.25, 0.3) is 54.9 Å². The van der Waals surface area contributed by atoms with Crippen LogP contribution in [-0.2, 0) is 11.8 Å². The SMILES string of the molecule is CC1(C)c2cc(N(c3ccc(-c4ccccc4)cc3)c3ccc4c(c3)C3=C(C4)c4cccc5cccc3c45)ccc2-c2ccc(N(c3ccccc3)c3cccc4ccccc34)cc21. The van der Waals surface area contributed by atoms with Crippen molar-refractivity contribution in [3.05, 3.63) is 252 Å². The summed E-state index contributed by atoms with van der Waals surface area (Å²) < 4.78 is 0. The molecule has 3 aliphatic rings. The molecule has 0 spiro atoms. The van der Waals surface area contributed by atoms with Gasteiger partial charge >= 0.3 is 0 Å². The number of hydrogen-bond acceptors (Lipinski definition) is 2. The van der Waals surface area contributed by atoms with Crippen molar-refractivity contribution in [2.45, 2.75) is 25.7 Å². The van der Waals surface area contributed by atoms with E-state index in [1.165, 1.54) is 94.0 Å². The lowest BCUT2D eigenvalue weighted by Crippen LogP contribution is -2.18. The molecule has 10 aromatic rings. The smallest absolute Gasteiger partial charge is 0.0540 e. The Labute approximate surface area is 374 Å². The molecule has 3 aliphatic carbocycles. The molecular formula is C62H44N2. The molecule has 2 heteroatoms. The fraction of sp³-hybridized carbons (Fsp3) is 0.0645. The van der Waals surface area contributed by atoms with Crippen LogP contribution < -0.4 is 9.80 Å². The normalized spacial score (nSPS) is 13.8.